The first-order valence-electron chi connectivity index (χ1n) is 7.25. The van der Waals surface area contributed by atoms with Crippen molar-refractivity contribution in [3.05, 3.63) is 59.8 Å². The van der Waals surface area contributed by atoms with Gasteiger partial charge >= 0.3 is 0 Å². The molecular weight excluding hydrogens is 350 g/mol. The van der Waals surface area contributed by atoms with Crippen LogP contribution >= 0.6 is 11.8 Å². The minimum absolute atomic E-state index is 0.253. The number of thioether (sulfide) groups is 1. The molecule has 0 amide bonds. The van der Waals surface area contributed by atoms with Gasteiger partial charge in [0.15, 0.2) is 0 Å². The first-order valence-corrected chi connectivity index (χ1v) is 8.48. The van der Waals surface area contributed by atoms with Crippen LogP contribution in [0.4, 0.5) is 8.78 Å². The summed E-state index contributed by atoms with van der Waals surface area (Å²) in [5.41, 5.74) is 0. The highest BCUT2D eigenvalue weighted by molar-refractivity contribution is 7.98. The fourth-order valence-electron chi connectivity index (χ4n) is 1.98. The van der Waals surface area contributed by atoms with Crippen molar-refractivity contribution >= 4 is 18.0 Å². The number of aromatic nitrogens is 3. The molecular formula is C16H14F2N4O2S. The zero-order chi connectivity index (χ0) is 17.6. The molecule has 0 fully saturated rings. The SMILES string of the molecule is CSc1nnc(C(F)F)n1N=Cc1ccc(COc2ccccc2)o1. The van der Waals surface area contributed by atoms with Crippen LogP contribution in [-0.2, 0) is 6.61 Å². The van der Waals surface area contributed by atoms with E-state index in [1.165, 1.54) is 18.0 Å². The summed E-state index contributed by atoms with van der Waals surface area (Å²) in [5.74, 6) is 1.21. The lowest BCUT2D eigenvalue weighted by atomic mass is 10.3. The second kappa shape index (κ2) is 7.93. The van der Waals surface area contributed by atoms with E-state index in [9.17, 15) is 8.78 Å². The lowest BCUT2D eigenvalue weighted by Crippen LogP contribution is -2.00. The Morgan fingerprint density at radius 3 is 2.76 bits per heavy atom. The molecule has 1 aromatic carbocycles. The summed E-state index contributed by atoms with van der Waals surface area (Å²) in [6.07, 6.45) is 0.273. The average molecular weight is 364 g/mol. The van der Waals surface area contributed by atoms with E-state index in [0.717, 1.165) is 10.4 Å². The van der Waals surface area contributed by atoms with E-state index in [1.807, 2.05) is 30.3 Å². The standard InChI is InChI=1S/C16H14F2N4O2S/c1-25-16-21-20-15(14(17)18)22(16)19-9-12-7-8-13(24-12)10-23-11-5-3-2-4-6-11/h2-9,14H,10H2,1H3. The monoisotopic (exact) mass is 364 g/mol. The van der Waals surface area contributed by atoms with E-state index in [4.69, 9.17) is 9.15 Å². The highest BCUT2D eigenvalue weighted by Gasteiger charge is 2.19. The molecule has 0 aliphatic carbocycles. The molecule has 0 N–H and O–H groups in total. The molecule has 0 aliphatic heterocycles. The van der Waals surface area contributed by atoms with Gasteiger partial charge in [-0.15, -0.1) is 10.2 Å². The Morgan fingerprint density at radius 1 is 1.24 bits per heavy atom. The number of nitrogens with zero attached hydrogens (tertiary/aromatic N) is 4. The van der Waals surface area contributed by atoms with Crippen molar-refractivity contribution in [2.45, 2.75) is 18.2 Å². The molecule has 0 unspecified atom stereocenters. The number of alkyl halides is 2. The maximum Gasteiger partial charge on any atom is 0.299 e. The van der Waals surface area contributed by atoms with Crippen molar-refractivity contribution in [3.8, 4) is 5.75 Å². The second-order valence-electron chi connectivity index (χ2n) is 4.81. The van der Waals surface area contributed by atoms with E-state index in [2.05, 4.69) is 15.3 Å². The van der Waals surface area contributed by atoms with E-state index >= 15 is 0 Å². The van der Waals surface area contributed by atoms with Gasteiger partial charge in [0.1, 0.15) is 23.9 Å². The first kappa shape index (κ1) is 17.2. The van der Waals surface area contributed by atoms with Crippen LogP contribution in [0.2, 0.25) is 0 Å². The van der Waals surface area contributed by atoms with Gasteiger partial charge in [0.2, 0.25) is 11.0 Å². The lowest BCUT2D eigenvalue weighted by Gasteiger charge is -2.03. The molecule has 2 heterocycles. The van der Waals surface area contributed by atoms with Gasteiger partial charge in [0, 0.05) is 0 Å². The summed E-state index contributed by atoms with van der Waals surface area (Å²) < 4.78 is 38.0. The third kappa shape index (κ3) is 4.24. The van der Waals surface area contributed by atoms with Crippen molar-refractivity contribution in [2.24, 2.45) is 5.10 Å². The number of hydrogen-bond acceptors (Lipinski definition) is 6. The van der Waals surface area contributed by atoms with Crippen molar-refractivity contribution < 1.29 is 17.9 Å². The van der Waals surface area contributed by atoms with Gasteiger partial charge < -0.3 is 9.15 Å². The third-order valence-corrected chi connectivity index (χ3v) is 3.74. The smallest absolute Gasteiger partial charge is 0.299 e. The summed E-state index contributed by atoms with van der Waals surface area (Å²) in [6.45, 7) is 0.253. The molecule has 0 spiro atoms. The number of benzene rings is 1. The van der Waals surface area contributed by atoms with Crippen molar-refractivity contribution in [3.63, 3.8) is 0 Å². The molecule has 0 saturated heterocycles. The Bertz CT molecular complexity index is 849. The fraction of sp³-hybridized carbons (Fsp3) is 0.188. The largest absolute Gasteiger partial charge is 0.486 e. The van der Waals surface area contributed by atoms with Crippen LogP contribution in [0, 0.1) is 0 Å². The minimum atomic E-state index is -2.77. The van der Waals surface area contributed by atoms with Crippen molar-refractivity contribution in [1.82, 2.24) is 14.9 Å². The lowest BCUT2D eigenvalue weighted by molar-refractivity contribution is 0.135. The van der Waals surface area contributed by atoms with Gasteiger partial charge in [-0.2, -0.15) is 9.78 Å². The topological polar surface area (TPSA) is 65.4 Å². The normalized spacial score (nSPS) is 11.5. The van der Waals surface area contributed by atoms with Crippen molar-refractivity contribution in [2.75, 3.05) is 6.26 Å². The van der Waals surface area contributed by atoms with E-state index < -0.39 is 12.2 Å². The van der Waals surface area contributed by atoms with Crippen LogP contribution in [0.3, 0.4) is 0 Å². The van der Waals surface area contributed by atoms with Crippen LogP contribution in [0.5, 0.6) is 5.75 Å². The first-order chi connectivity index (χ1) is 12.2. The maximum absolute atomic E-state index is 12.9. The molecule has 3 rings (SSSR count). The van der Waals surface area contributed by atoms with Crippen LogP contribution in [0.15, 0.2) is 57.1 Å². The predicted octanol–water partition coefficient (Wildman–Crippen LogP) is 3.99. The molecule has 0 bridgehead atoms. The van der Waals surface area contributed by atoms with Gasteiger partial charge in [-0.1, -0.05) is 30.0 Å². The van der Waals surface area contributed by atoms with Crippen LogP contribution < -0.4 is 4.74 Å². The number of hydrogen-bond donors (Lipinski definition) is 0. The predicted molar refractivity (Wildman–Crippen MR) is 89.2 cm³/mol. The molecule has 6 nitrogen and oxygen atoms in total. The van der Waals surface area contributed by atoms with Crippen LogP contribution in [0.1, 0.15) is 23.8 Å². The van der Waals surface area contributed by atoms with Gasteiger partial charge in [0.25, 0.3) is 6.43 Å². The Hall–Kier alpha value is -2.68. The molecule has 0 saturated carbocycles. The molecule has 9 heteroatoms. The van der Waals surface area contributed by atoms with Crippen LogP contribution in [0.25, 0.3) is 0 Å². The molecule has 2 aromatic heterocycles. The Balaban J connectivity index is 1.69. The summed E-state index contributed by atoms with van der Waals surface area (Å²) in [4.78, 5) is 0. The highest BCUT2D eigenvalue weighted by atomic mass is 32.2. The molecule has 3 aromatic rings. The van der Waals surface area contributed by atoms with Gasteiger partial charge in [-0.3, -0.25) is 0 Å². The second-order valence-corrected chi connectivity index (χ2v) is 5.58. The van der Waals surface area contributed by atoms with E-state index in [-0.39, 0.29) is 11.8 Å². The molecule has 130 valence electrons. The van der Waals surface area contributed by atoms with Crippen molar-refractivity contribution in [1.29, 1.82) is 0 Å². The Labute approximate surface area is 146 Å². The fourth-order valence-corrected chi connectivity index (χ4v) is 2.41. The quantitative estimate of drug-likeness (QED) is 0.468. The summed E-state index contributed by atoms with van der Waals surface area (Å²) in [7, 11) is 0. The zero-order valence-electron chi connectivity index (χ0n) is 13.2. The summed E-state index contributed by atoms with van der Waals surface area (Å²) >= 11 is 1.17. The highest BCUT2D eigenvalue weighted by Crippen LogP contribution is 2.21. The Morgan fingerprint density at radius 2 is 2.04 bits per heavy atom. The van der Waals surface area contributed by atoms with E-state index in [0.29, 0.717) is 11.5 Å². The van der Waals surface area contributed by atoms with Crippen LogP contribution in [-0.4, -0.2) is 27.3 Å². The Kier molecular flexibility index (Phi) is 5.44. The number of halogens is 2. The van der Waals surface area contributed by atoms with Gasteiger partial charge in [-0.05, 0) is 30.5 Å². The summed E-state index contributed by atoms with van der Waals surface area (Å²) in [6, 6.07) is 12.7. The third-order valence-electron chi connectivity index (χ3n) is 3.12. The molecule has 0 atom stereocenters. The van der Waals surface area contributed by atoms with Gasteiger partial charge in [0.05, 0.1) is 6.21 Å². The number of rotatable bonds is 7. The maximum atomic E-state index is 12.9. The number of ether oxygens (including phenoxy) is 1. The zero-order valence-corrected chi connectivity index (χ0v) is 14.0. The van der Waals surface area contributed by atoms with Gasteiger partial charge in [-0.25, -0.2) is 8.78 Å². The number of furan rings is 1. The molecule has 25 heavy (non-hydrogen) atoms. The molecule has 0 radical (unpaired) electrons. The van der Waals surface area contributed by atoms with E-state index in [1.54, 1.807) is 18.4 Å². The number of para-hydroxylation sites is 1. The minimum Gasteiger partial charge on any atom is -0.486 e. The molecule has 0 aliphatic rings. The summed E-state index contributed by atoms with van der Waals surface area (Å²) in [5, 5.41) is 11.4. The average Bonchev–Trinajstić information content (AvgIpc) is 3.25.